The van der Waals surface area contributed by atoms with Crippen molar-refractivity contribution in [3.05, 3.63) is 70.8 Å². The molecule has 0 aliphatic heterocycles. The fourth-order valence-corrected chi connectivity index (χ4v) is 2.87. The minimum Gasteiger partial charge on any atom is -0.311 e. The quantitative estimate of drug-likeness (QED) is 0.722. The van der Waals surface area contributed by atoms with Gasteiger partial charge in [0.1, 0.15) is 0 Å². The molecule has 0 saturated carbocycles. The number of likely N-dealkylation sites (N-methyl/N-ethyl adjacent to an activating group) is 2. The highest BCUT2D eigenvalue weighted by Crippen LogP contribution is 2.36. The summed E-state index contributed by atoms with van der Waals surface area (Å²) in [5.74, 6) is 0. The van der Waals surface area contributed by atoms with E-state index in [1.807, 2.05) is 0 Å². The summed E-state index contributed by atoms with van der Waals surface area (Å²) in [6.45, 7) is 0. The first-order valence-electron chi connectivity index (χ1n) is 7.76. The van der Waals surface area contributed by atoms with E-state index in [1.54, 1.807) is 14.1 Å². The Morgan fingerprint density at radius 1 is 0.654 bits per heavy atom. The van der Waals surface area contributed by atoms with Crippen molar-refractivity contribution in [3.63, 3.8) is 0 Å². The average molecular weight is 376 g/mol. The van der Waals surface area contributed by atoms with Gasteiger partial charge < -0.3 is 10.6 Å². The molecule has 142 valence electrons. The zero-order valence-corrected chi connectivity index (χ0v) is 14.0. The topological polar surface area (TPSA) is 24.1 Å². The molecule has 0 bridgehead atoms. The van der Waals surface area contributed by atoms with E-state index >= 15 is 0 Å². The number of hydrogen-bond donors (Lipinski definition) is 2. The van der Waals surface area contributed by atoms with E-state index in [-0.39, 0.29) is 0 Å². The van der Waals surface area contributed by atoms with Crippen LogP contribution in [0.25, 0.3) is 0 Å². The number of rotatable bonds is 5. The largest absolute Gasteiger partial charge is 0.416 e. The maximum Gasteiger partial charge on any atom is 0.416 e. The Labute approximate surface area is 147 Å². The molecule has 2 aromatic carbocycles. The van der Waals surface area contributed by atoms with Crippen LogP contribution in [0.1, 0.15) is 34.3 Å². The SMILES string of the molecule is CN[C@@H](c1cccc(C(F)(F)F)c1)[C@@H](NC)c1cccc(C(F)(F)F)c1. The maximum absolute atomic E-state index is 13.0. The lowest BCUT2D eigenvalue weighted by Crippen LogP contribution is -2.32. The monoisotopic (exact) mass is 376 g/mol. The van der Waals surface area contributed by atoms with Crippen LogP contribution in [-0.4, -0.2) is 14.1 Å². The zero-order valence-electron chi connectivity index (χ0n) is 14.0. The predicted molar refractivity (Wildman–Crippen MR) is 86.5 cm³/mol. The van der Waals surface area contributed by atoms with Crippen molar-refractivity contribution in [1.29, 1.82) is 0 Å². The van der Waals surface area contributed by atoms with E-state index in [2.05, 4.69) is 10.6 Å². The molecule has 2 aromatic rings. The van der Waals surface area contributed by atoms with E-state index in [1.165, 1.54) is 24.3 Å². The first-order chi connectivity index (χ1) is 12.1. The first-order valence-corrected chi connectivity index (χ1v) is 7.76. The summed E-state index contributed by atoms with van der Waals surface area (Å²) in [5.41, 5.74) is -0.985. The molecule has 0 spiro atoms. The van der Waals surface area contributed by atoms with Crippen molar-refractivity contribution in [2.75, 3.05) is 14.1 Å². The Morgan fingerprint density at radius 2 is 1.00 bits per heavy atom. The van der Waals surface area contributed by atoms with Crippen molar-refractivity contribution in [2.24, 2.45) is 0 Å². The number of hydrogen-bond acceptors (Lipinski definition) is 2. The zero-order chi connectivity index (χ0) is 19.5. The lowest BCUT2D eigenvalue weighted by atomic mass is 9.91. The van der Waals surface area contributed by atoms with Gasteiger partial charge in [-0.2, -0.15) is 26.3 Å². The van der Waals surface area contributed by atoms with Gasteiger partial charge in [0.25, 0.3) is 0 Å². The van der Waals surface area contributed by atoms with Crippen molar-refractivity contribution < 1.29 is 26.3 Å². The molecule has 0 unspecified atom stereocenters. The summed E-state index contributed by atoms with van der Waals surface area (Å²) < 4.78 is 77.8. The van der Waals surface area contributed by atoms with Gasteiger partial charge in [0.05, 0.1) is 23.2 Å². The molecular formula is C18H18F6N2. The second-order valence-corrected chi connectivity index (χ2v) is 5.78. The molecule has 2 N–H and O–H groups in total. The molecule has 0 radical (unpaired) electrons. The molecule has 0 aromatic heterocycles. The average Bonchev–Trinajstić information content (AvgIpc) is 2.58. The molecule has 2 atom stereocenters. The maximum atomic E-state index is 13.0. The highest BCUT2D eigenvalue weighted by Gasteiger charge is 2.33. The van der Waals surface area contributed by atoms with E-state index in [4.69, 9.17) is 0 Å². The minimum atomic E-state index is -4.50. The van der Waals surface area contributed by atoms with Crippen LogP contribution in [0.15, 0.2) is 48.5 Å². The highest BCUT2D eigenvalue weighted by atomic mass is 19.4. The lowest BCUT2D eigenvalue weighted by molar-refractivity contribution is -0.138. The molecule has 2 rings (SSSR count). The summed E-state index contributed by atoms with van der Waals surface area (Å²) in [6, 6.07) is 8.16. The molecular weight excluding hydrogens is 358 g/mol. The van der Waals surface area contributed by atoms with Crippen molar-refractivity contribution >= 4 is 0 Å². The summed E-state index contributed by atoms with van der Waals surface area (Å²) in [6.07, 6.45) is -9.00. The Bertz CT molecular complexity index is 675. The van der Waals surface area contributed by atoms with Crippen LogP contribution < -0.4 is 10.6 Å². The third kappa shape index (κ3) is 4.56. The molecule has 0 aliphatic rings. The van der Waals surface area contributed by atoms with Crippen LogP contribution >= 0.6 is 0 Å². The normalized spacial score (nSPS) is 14.9. The fourth-order valence-electron chi connectivity index (χ4n) is 2.87. The molecule has 8 heteroatoms. The van der Waals surface area contributed by atoms with Crippen LogP contribution in [0.4, 0.5) is 26.3 Å². The van der Waals surface area contributed by atoms with Gasteiger partial charge in [0.15, 0.2) is 0 Å². The number of benzene rings is 2. The third-order valence-electron chi connectivity index (χ3n) is 4.10. The smallest absolute Gasteiger partial charge is 0.311 e. The third-order valence-corrected chi connectivity index (χ3v) is 4.10. The number of nitrogens with one attached hydrogen (secondary N) is 2. The van der Waals surface area contributed by atoms with Crippen LogP contribution in [0.3, 0.4) is 0 Å². The van der Waals surface area contributed by atoms with E-state index in [0.29, 0.717) is 11.1 Å². The lowest BCUT2D eigenvalue weighted by Gasteiger charge is -2.28. The highest BCUT2D eigenvalue weighted by molar-refractivity contribution is 5.34. The van der Waals surface area contributed by atoms with Crippen LogP contribution in [0.2, 0.25) is 0 Å². The second-order valence-electron chi connectivity index (χ2n) is 5.78. The molecule has 0 amide bonds. The van der Waals surface area contributed by atoms with Gasteiger partial charge in [-0.15, -0.1) is 0 Å². The van der Waals surface area contributed by atoms with E-state index in [9.17, 15) is 26.3 Å². The first kappa shape index (κ1) is 20.3. The van der Waals surface area contributed by atoms with Crippen LogP contribution in [0.5, 0.6) is 0 Å². The van der Waals surface area contributed by atoms with Gasteiger partial charge in [-0.3, -0.25) is 0 Å². The molecule has 2 nitrogen and oxygen atoms in total. The fraction of sp³-hybridized carbons (Fsp3) is 0.333. The van der Waals surface area contributed by atoms with Crippen molar-refractivity contribution in [2.45, 2.75) is 24.4 Å². The molecule has 0 fully saturated rings. The summed E-state index contributed by atoms with van der Waals surface area (Å²) in [4.78, 5) is 0. The molecule has 0 aliphatic carbocycles. The number of halogens is 6. The van der Waals surface area contributed by atoms with Gasteiger partial charge in [-0.25, -0.2) is 0 Å². The van der Waals surface area contributed by atoms with Gasteiger partial charge >= 0.3 is 12.4 Å². The van der Waals surface area contributed by atoms with Crippen LogP contribution in [-0.2, 0) is 12.4 Å². The summed E-state index contributed by atoms with van der Waals surface area (Å²) >= 11 is 0. The standard InChI is InChI=1S/C18H18F6N2/c1-25-15(11-5-3-7-13(9-11)17(19,20)21)16(26-2)12-6-4-8-14(10-12)18(22,23)24/h3-10,15-16,25-26H,1-2H3/t15-,16-/m0/s1. The summed E-state index contributed by atoms with van der Waals surface area (Å²) in [7, 11) is 3.09. The van der Waals surface area contributed by atoms with Crippen LogP contribution in [0, 0.1) is 0 Å². The van der Waals surface area contributed by atoms with Gasteiger partial charge in [-0.1, -0.05) is 24.3 Å². The predicted octanol–water partition coefficient (Wildman–Crippen LogP) is 4.95. The number of alkyl halides is 6. The van der Waals surface area contributed by atoms with Gasteiger partial charge in [0.2, 0.25) is 0 Å². The minimum absolute atomic E-state index is 0.319. The van der Waals surface area contributed by atoms with Gasteiger partial charge in [0, 0.05) is 0 Å². The molecule has 0 heterocycles. The Kier molecular flexibility index (Phi) is 5.98. The van der Waals surface area contributed by atoms with Crippen molar-refractivity contribution in [3.8, 4) is 0 Å². The van der Waals surface area contributed by atoms with Gasteiger partial charge in [-0.05, 0) is 49.5 Å². The Balaban J connectivity index is 2.45. The van der Waals surface area contributed by atoms with E-state index in [0.717, 1.165) is 24.3 Å². The molecule has 26 heavy (non-hydrogen) atoms. The molecule has 0 saturated heterocycles. The Hall–Kier alpha value is -2.06. The summed E-state index contributed by atoms with van der Waals surface area (Å²) in [5, 5.41) is 5.79. The Morgan fingerprint density at radius 3 is 1.27 bits per heavy atom. The van der Waals surface area contributed by atoms with Crippen molar-refractivity contribution in [1.82, 2.24) is 10.6 Å². The van der Waals surface area contributed by atoms with E-state index < -0.39 is 35.6 Å². The second kappa shape index (κ2) is 7.67.